The number of aliphatic hydroxyl groups is 1. The van der Waals surface area contributed by atoms with Gasteiger partial charge in [0, 0.05) is 13.3 Å². The number of nitrogens with zero attached hydrogens (tertiary/aromatic N) is 4. The van der Waals surface area contributed by atoms with Crippen LogP contribution in [0.15, 0.2) is 16.8 Å². The molecule has 1 N–H and O–H groups in total. The Balaban J connectivity index is 2.10. The smallest absolute Gasteiger partial charge is 0.229 e. The number of rotatable bonds is 5. The zero-order valence-corrected chi connectivity index (χ0v) is 10.2. The van der Waals surface area contributed by atoms with Crippen LogP contribution in [-0.4, -0.2) is 45.0 Å². The molecule has 0 aromatic carbocycles. The minimum atomic E-state index is -0.657. The first-order valence-corrected chi connectivity index (χ1v) is 5.48. The summed E-state index contributed by atoms with van der Waals surface area (Å²) in [5.41, 5.74) is 0.596. The monoisotopic (exact) mass is 250 g/mol. The van der Waals surface area contributed by atoms with E-state index in [1.807, 2.05) is 0 Å². The predicted molar refractivity (Wildman–Crippen MR) is 61.6 cm³/mol. The number of hydrogen-bond acceptors (Lipinski definition) is 7. The maximum Gasteiger partial charge on any atom is 0.229 e. The fraction of sp³-hybridized carbons (Fsp3) is 0.455. The molecule has 0 saturated heterocycles. The molecule has 2 aromatic heterocycles. The van der Waals surface area contributed by atoms with E-state index < -0.39 is 6.10 Å². The van der Waals surface area contributed by atoms with Crippen LogP contribution in [0.25, 0.3) is 11.5 Å². The topological polar surface area (TPSA) is 94.2 Å². The number of hydrogen-bond donors (Lipinski definition) is 1. The van der Waals surface area contributed by atoms with Crippen LogP contribution < -0.4 is 0 Å². The van der Waals surface area contributed by atoms with E-state index in [0.717, 1.165) is 0 Å². The van der Waals surface area contributed by atoms with Gasteiger partial charge in [-0.15, -0.1) is 0 Å². The van der Waals surface area contributed by atoms with Gasteiger partial charge in [-0.1, -0.05) is 5.16 Å². The van der Waals surface area contributed by atoms with Gasteiger partial charge in [-0.3, -0.25) is 0 Å². The molecule has 0 saturated carbocycles. The van der Waals surface area contributed by atoms with E-state index >= 15 is 0 Å². The van der Waals surface area contributed by atoms with Gasteiger partial charge in [-0.05, 0) is 13.0 Å². The molecule has 7 heteroatoms. The Morgan fingerprint density at radius 1 is 1.44 bits per heavy atom. The van der Waals surface area contributed by atoms with Crippen molar-refractivity contribution < 1.29 is 14.4 Å². The number of methoxy groups -OCH3 is 1. The van der Waals surface area contributed by atoms with Crippen molar-refractivity contribution in [1.82, 2.24) is 20.1 Å². The van der Waals surface area contributed by atoms with Crippen LogP contribution >= 0.6 is 0 Å². The van der Waals surface area contributed by atoms with E-state index in [2.05, 4.69) is 20.1 Å². The lowest BCUT2D eigenvalue weighted by Crippen LogP contribution is -2.17. The van der Waals surface area contributed by atoms with Crippen molar-refractivity contribution in [1.29, 1.82) is 0 Å². The van der Waals surface area contributed by atoms with Crippen LogP contribution in [-0.2, 0) is 11.2 Å². The lowest BCUT2D eigenvalue weighted by atomic mass is 10.3. The van der Waals surface area contributed by atoms with Crippen molar-refractivity contribution in [2.45, 2.75) is 19.4 Å². The molecule has 1 atom stereocenters. The Labute approximate surface area is 104 Å². The van der Waals surface area contributed by atoms with Gasteiger partial charge >= 0.3 is 0 Å². The highest BCUT2D eigenvalue weighted by Crippen LogP contribution is 2.13. The van der Waals surface area contributed by atoms with Crippen molar-refractivity contribution in [2.75, 3.05) is 13.7 Å². The van der Waals surface area contributed by atoms with Crippen molar-refractivity contribution in [3.05, 3.63) is 24.0 Å². The largest absolute Gasteiger partial charge is 0.390 e. The molecule has 2 aromatic rings. The van der Waals surface area contributed by atoms with Crippen molar-refractivity contribution in [3.63, 3.8) is 0 Å². The Kier molecular flexibility index (Phi) is 3.96. The van der Waals surface area contributed by atoms with Gasteiger partial charge in [-0.2, -0.15) is 4.98 Å². The van der Waals surface area contributed by atoms with Crippen LogP contribution in [0, 0.1) is 6.92 Å². The molecule has 0 amide bonds. The van der Waals surface area contributed by atoms with Crippen LogP contribution in [0.1, 0.15) is 11.7 Å². The lowest BCUT2D eigenvalue weighted by molar-refractivity contribution is 0.0599. The van der Waals surface area contributed by atoms with E-state index in [4.69, 9.17) is 9.26 Å². The SMILES string of the molecule is COCC(O)Cc1nc(-c2ccnc(C)n2)no1. The molecule has 0 aliphatic rings. The Hall–Kier alpha value is -1.86. The summed E-state index contributed by atoms with van der Waals surface area (Å²) < 4.78 is 9.86. The first kappa shape index (κ1) is 12.6. The summed E-state index contributed by atoms with van der Waals surface area (Å²) in [4.78, 5) is 12.3. The van der Waals surface area contributed by atoms with E-state index in [-0.39, 0.29) is 13.0 Å². The maximum absolute atomic E-state index is 9.55. The summed E-state index contributed by atoms with van der Waals surface area (Å²) in [6.45, 7) is 2.01. The Morgan fingerprint density at radius 2 is 2.28 bits per heavy atom. The van der Waals surface area contributed by atoms with Crippen LogP contribution in [0.2, 0.25) is 0 Å². The molecule has 18 heavy (non-hydrogen) atoms. The Morgan fingerprint density at radius 3 is 3.00 bits per heavy atom. The number of aliphatic hydroxyl groups excluding tert-OH is 1. The fourth-order valence-corrected chi connectivity index (χ4v) is 1.48. The van der Waals surface area contributed by atoms with Gasteiger partial charge in [-0.25, -0.2) is 9.97 Å². The van der Waals surface area contributed by atoms with Crippen LogP contribution in [0.4, 0.5) is 0 Å². The van der Waals surface area contributed by atoms with E-state index in [0.29, 0.717) is 23.2 Å². The minimum Gasteiger partial charge on any atom is -0.390 e. The third kappa shape index (κ3) is 3.08. The van der Waals surface area contributed by atoms with Gasteiger partial charge in [0.25, 0.3) is 0 Å². The van der Waals surface area contributed by atoms with E-state index in [1.165, 1.54) is 7.11 Å². The van der Waals surface area contributed by atoms with Crippen molar-refractivity contribution in [2.24, 2.45) is 0 Å². The summed E-state index contributed by atoms with van der Waals surface area (Å²) >= 11 is 0. The van der Waals surface area contributed by atoms with E-state index in [9.17, 15) is 5.11 Å². The van der Waals surface area contributed by atoms with Crippen LogP contribution in [0.3, 0.4) is 0 Å². The molecule has 0 bridgehead atoms. The summed E-state index contributed by atoms with van der Waals surface area (Å²) in [5, 5.41) is 13.4. The molecule has 0 aliphatic heterocycles. The third-order valence-corrected chi connectivity index (χ3v) is 2.24. The molecule has 0 radical (unpaired) electrons. The second kappa shape index (κ2) is 5.65. The minimum absolute atomic E-state index is 0.227. The van der Waals surface area contributed by atoms with Gasteiger partial charge in [0.2, 0.25) is 11.7 Å². The second-order valence-corrected chi connectivity index (χ2v) is 3.81. The van der Waals surface area contributed by atoms with Gasteiger partial charge in [0.05, 0.1) is 19.1 Å². The molecule has 96 valence electrons. The van der Waals surface area contributed by atoms with Crippen molar-refractivity contribution >= 4 is 0 Å². The average molecular weight is 250 g/mol. The highest BCUT2D eigenvalue weighted by Gasteiger charge is 2.14. The third-order valence-electron chi connectivity index (χ3n) is 2.24. The molecule has 2 heterocycles. The number of ether oxygens (including phenoxy) is 1. The van der Waals surface area contributed by atoms with E-state index in [1.54, 1.807) is 19.2 Å². The molecular weight excluding hydrogens is 236 g/mol. The molecule has 0 fully saturated rings. The normalized spacial score (nSPS) is 12.6. The highest BCUT2D eigenvalue weighted by atomic mass is 16.5. The molecular formula is C11H14N4O3. The number of aromatic nitrogens is 4. The fourth-order valence-electron chi connectivity index (χ4n) is 1.48. The zero-order chi connectivity index (χ0) is 13.0. The molecule has 1 unspecified atom stereocenters. The molecule has 0 spiro atoms. The quantitative estimate of drug-likeness (QED) is 0.819. The van der Waals surface area contributed by atoms with Gasteiger partial charge in [0.1, 0.15) is 11.5 Å². The van der Waals surface area contributed by atoms with Gasteiger partial charge in [0.15, 0.2) is 0 Å². The number of aryl methyl sites for hydroxylation is 1. The first-order valence-electron chi connectivity index (χ1n) is 5.48. The molecule has 7 nitrogen and oxygen atoms in total. The second-order valence-electron chi connectivity index (χ2n) is 3.81. The van der Waals surface area contributed by atoms with Crippen molar-refractivity contribution in [3.8, 4) is 11.5 Å². The molecule has 0 aliphatic carbocycles. The lowest BCUT2D eigenvalue weighted by Gasteiger charge is -2.04. The summed E-state index contributed by atoms with van der Waals surface area (Å²) in [7, 11) is 1.52. The highest BCUT2D eigenvalue weighted by molar-refractivity contribution is 5.46. The first-order chi connectivity index (χ1) is 8.69. The zero-order valence-electron chi connectivity index (χ0n) is 10.2. The summed E-state index contributed by atoms with van der Waals surface area (Å²) in [6.07, 6.45) is 1.23. The van der Waals surface area contributed by atoms with Gasteiger partial charge < -0.3 is 14.4 Å². The summed E-state index contributed by atoms with van der Waals surface area (Å²) in [5.74, 6) is 1.38. The predicted octanol–water partition coefficient (Wildman–Crippen LogP) is 0.385. The standard InChI is InChI=1S/C11H14N4O3/c1-7-12-4-3-9(13-7)11-14-10(18-15-11)5-8(16)6-17-2/h3-4,8,16H,5-6H2,1-2H3. The Bertz CT molecular complexity index is 514. The average Bonchev–Trinajstić information content (AvgIpc) is 2.78. The maximum atomic E-state index is 9.55. The van der Waals surface area contributed by atoms with Crippen LogP contribution in [0.5, 0.6) is 0 Å². The molecule has 2 rings (SSSR count). The summed E-state index contributed by atoms with van der Waals surface area (Å²) in [6, 6.07) is 1.70.